The molecule has 1 aromatic rings. The summed E-state index contributed by atoms with van der Waals surface area (Å²) in [5.74, 6) is 0.474. The van der Waals surface area contributed by atoms with E-state index in [-0.39, 0.29) is 6.04 Å². The molecule has 0 aliphatic carbocycles. The van der Waals surface area contributed by atoms with Crippen LogP contribution in [0, 0.1) is 0 Å². The highest BCUT2D eigenvalue weighted by molar-refractivity contribution is 5.67. The van der Waals surface area contributed by atoms with Gasteiger partial charge in [-0.05, 0) is 20.8 Å². The van der Waals surface area contributed by atoms with Crippen LogP contribution in [0.25, 0.3) is 0 Å². The predicted octanol–water partition coefficient (Wildman–Crippen LogP) is 1.06. The summed E-state index contributed by atoms with van der Waals surface area (Å²) in [7, 11) is 0. The number of carbonyl (C=O) groups is 1. The highest BCUT2D eigenvalue weighted by atomic mass is 16.6. The minimum atomic E-state index is -0.502. The van der Waals surface area contributed by atoms with Gasteiger partial charge in [0.05, 0.1) is 31.3 Å². The molecule has 1 unspecified atom stereocenters. The number of imidazole rings is 1. The lowest BCUT2D eigenvalue weighted by Crippen LogP contribution is -2.38. The summed E-state index contributed by atoms with van der Waals surface area (Å²) >= 11 is 0. The van der Waals surface area contributed by atoms with Crippen molar-refractivity contribution in [3.63, 3.8) is 0 Å². The van der Waals surface area contributed by atoms with E-state index in [0.29, 0.717) is 25.6 Å². The van der Waals surface area contributed by atoms with Crippen LogP contribution in [0.4, 0.5) is 10.6 Å². The molecule has 0 bridgehead atoms. The number of hydrogen-bond acceptors (Lipinski definition) is 5. The number of fused-ring (bicyclic) bond motifs is 1. The van der Waals surface area contributed by atoms with E-state index in [1.54, 1.807) is 6.33 Å². The van der Waals surface area contributed by atoms with Crippen LogP contribution < -0.4 is 11.1 Å². The number of nitrogens with one attached hydrogen (secondary N) is 1. The Morgan fingerprint density at radius 2 is 2.42 bits per heavy atom. The normalized spacial score (nSPS) is 18.8. The summed E-state index contributed by atoms with van der Waals surface area (Å²) in [5, 5.41) is 2.73. The molecule has 3 N–H and O–H groups in total. The van der Waals surface area contributed by atoms with Gasteiger partial charge in [0.1, 0.15) is 11.4 Å². The van der Waals surface area contributed by atoms with Gasteiger partial charge in [0.2, 0.25) is 0 Å². The summed E-state index contributed by atoms with van der Waals surface area (Å²) in [6.07, 6.45) is 1.24. The molecule has 0 spiro atoms. The SMILES string of the molecule is CC(C)(C)OC(=O)NCC1COCc2c(N)ncn21. The largest absolute Gasteiger partial charge is 0.444 e. The van der Waals surface area contributed by atoms with Gasteiger partial charge in [-0.1, -0.05) is 0 Å². The van der Waals surface area contributed by atoms with Crippen LogP contribution in [0.1, 0.15) is 32.5 Å². The van der Waals surface area contributed by atoms with Crippen molar-refractivity contribution in [1.82, 2.24) is 14.9 Å². The minimum absolute atomic E-state index is 0.0129. The van der Waals surface area contributed by atoms with Crippen molar-refractivity contribution in [2.45, 2.75) is 39.0 Å². The van der Waals surface area contributed by atoms with Crippen molar-refractivity contribution in [2.75, 3.05) is 18.9 Å². The number of rotatable bonds is 2. The van der Waals surface area contributed by atoms with Gasteiger partial charge in [-0.15, -0.1) is 0 Å². The second-order valence-corrected chi connectivity index (χ2v) is 5.54. The third-order valence-electron chi connectivity index (χ3n) is 2.75. The van der Waals surface area contributed by atoms with E-state index in [1.807, 2.05) is 25.3 Å². The van der Waals surface area contributed by atoms with Crippen LogP contribution in [0.15, 0.2) is 6.33 Å². The van der Waals surface area contributed by atoms with E-state index in [0.717, 1.165) is 5.69 Å². The van der Waals surface area contributed by atoms with Gasteiger partial charge >= 0.3 is 6.09 Å². The molecule has 1 atom stereocenters. The Kier molecular flexibility index (Phi) is 3.66. The van der Waals surface area contributed by atoms with Crippen molar-refractivity contribution in [3.8, 4) is 0 Å². The molecule has 0 saturated carbocycles. The Labute approximate surface area is 112 Å². The van der Waals surface area contributed by atoms with Crippen LogP contribution in [0.2, 0.25) is 0 Å². The van der Waals surface area contributed by atoms with Gasteiger partial charge in [-0.3, -0.25) is 0 Å². The molecule has 1 aromatic heterocycles. The maximum Gasteiger partial charge on any atom is 0.407 e. The zero-order chi connectivity index (χ0) is 14.0. The van der Waals surface area contributed by atoms with Crippen LogP contribution in [0.5, 0.6) is 0 Å². The van der Waals surface area contributed by atoms with Crippen molar-refractivity contribution < 1.29 is 14.3 Å². The van der Waals surface area contributed by atoms with Crippen molar-refractivity contribution in [3.05, 3.63) is 12.0 Å². The first kappa shape index (κ1) is 13.7. The van der Waals surface area contributed by atoms with Crippen molar-refractivity contribution in [1.29, 1.82) is 0 Å². The number of alkyl carbamates (subject to hydrolysis) is 1. The van der Waals surface area contributed by atoms with Gasteiger partial charge in [-0.2, -0.15) is 0 Å². The molecule has 1 aliphatic heterocycles. The lowest BCUT2D eigenvalue weighted by molar-refractivity contribution is 0.0426. The van der Waals surface area contributed by atoms with Gasteiger partial charge in [-0.25, -0.2) is 9.78 Å². The first-order valence-corrected chi connectivity index (χ1v) is 6.22. The van der Waals surface area contributed by atoms with E-state index < -0.39 is 11.7 Å². The molecule has 1 aliphatic rings. The molecular formula is C12H20N4O3. The number of anilines is 1. The molecule has 0 saturated heterocycles. The highest BCUT2D eigenvalue weighted by Gasteiger charge is 2.24. The average molecular weight is 268 g/mol. The Balaban J connectivity index is 1.93. The number of carbonyl (C=O) groups excluding carboxylic acids is 1. The molecular weight excluding hydrogens is 248 g/mol. The summed E-state index contributed by atoms with van der Waals surface area (Å²) in [5.41, 5.74) is 6.09. The Bertz CT molecular complexity index is 464. The zero-order valence-electron chi connectivity index (χ0n) is 11.5. The third kappa shape index (κ3) is 3.37. The van der Waals surface area contributed by atoms with E-state index in [2.05, 4.69) is 10.3 Å². The topological polar surface area (TPSA) is 91.4 Å². The molecule has 0 fully saturated rings. The summed E-state index contributed by atoms with van der Waals surface area (Å²) in [4.78, 5) is 15.6. The van der Waals surface area contributed by atoms with Gasteiger partial charge in [0.25, 0.3) is 0 Å². The number of amides is 1. The first-order chi connectivity index (χ1) is 8.87. The lowest BCUT2D eigenvalue weighted by atomic mass is 10.2. The molecule has 1 amide bonds. The second kappa shape index (κ2) is 5.08. The van der Waals surface area contributed by atoms with Gasteiger partial charge in [0, 0.05) is 6.54 Å². The fourth-order valence-electron chi connectivity index (χ4n) is 1.91. The average Bonchev–Trinajstić information content (AvgIpc) is 2.67. The monoisotopic (exact) mass is 268 g/mol. The zero-order valence-corrected chi connectivity index (χ0v) is 11.5. The van der Waals surface area contributed by atoms with Gasteiger partial charge < -0.3 is 25.1 Å². The molecule has 2 heterocycles. The van der Waals surface area contributed by atoms with E-state index in [1.165, 1.54) is 0 Å². The molecule has 19 heavy (non-hydrogen) atoms. The predicted molar refractivity (Wildman–Crippen MR) is 69.6 cm³/mol. The number of nitrogens with zero attached hydrogens (tertiary/aromatic N) is 2. The van der Waals surface area contributed by atoms with Crippen LogP contribution in [-0.2, 0) is 16.1 Å². The summed E-state index contributed by atoms with van der Waals surface area (Å²) < 4.78 is 12.6. The highest BCUT2D eigenvalue weighted by Crippen LogP contribution is 2.22. The minimum Gasteiger partial charge on any atom is -0.444 e. The van der Waals surface area contributed by atoms with Gasteiger partial charge in [0.15, 0.2) is 0 Å². The maximum absolute atomic E-state index is 11.6. The summed E-state index contributed by atoms with van der Waals surface area (Å²) in [6.45, 7) is 6.85. The molecule has 2 rings (SSSR count). The summed E-state index contributed by atoms with van der Waals surface area (Å²) in [6, 6.07) is -0.0129. The van der Waals surface area contributed by atoms with E-state index >= 15 is 0 Å². The van der Waals surface area contributed by atoms with E-state index in [9.17, 15) is 4.79 Å². The van der Waals surface area contributed by atoms with Crippen LogP contribution in [-0.4, -0.2) is 34.4 Å². The third-order valence-corrected chi connectivity index (χ3v) is 2.75. The maximum atomic E-state index is 11.6. The van der Waals surface area contributed by atoms with Crippen LogP contribution in [0.3, 0.4) is 0 Å². The molecule has 7 nitrogen and oxygen atoms in total. The molecule has 0 aromatic carbocycles. The smallest absolute Gasteiger partial charge is 0.407 e. The quantitative estimate of drug-likeness (QED) is 0.837. The fraction of sp³-hybridized carbons (Fsp3) is 0.667. The number of aromatic nitrogens is 2. The Morgan fingerprint density at radius 3 is 3.11 bits per heavy atom. The van der Waals surface area contributed by atoms with Crippen molar-refractivity contribution >= 4 is 11.9 Å². The number of nitrogen functional groups attached to an aromatic ring is 1. The number of hydrogen-bond donors (Lipinski definition) is 2. The molecule has 106 valence electrons. The number of ether oxygens (including phenoxy) is 2. The standard InChI is InChI=1S/C12H20N4O3/c1-12(2,3)19-11(17)14-4-8-5-18-6-9-10(13)15-7-16(8)9/h7-8H,4-6,13H2,1-3H3,(H,14,17). The fourth-order valence-corrected chi connectivity index (χ4v) is 1.91. The second-order valence-electron chi connectivity index (χ2n) is 5.54. The molecule has 7 heteroatoms. The Morgan fingerprint density at radius 1 is 1.68 bits per heavy atom. The Hall–Kier alpha value is -1.76. The molecule has 0 radical (unpaired) electrons. The number of nitrogens with two attached hydrogens (primary N) is 1. The van der Waals surface area contributed by atoms with Crippen molar-refractivity contribution in [2.24, 2.45) is 0 Å². The lowest BCUT2D eigenvalue weighted by Gasteiger charge is -2.27. The van der Waals surface area contributed by atoms with E-state index in [4.69, 9.17) is 15.2 Å². The first-order valence-electron chi connectivity index (χ1n) is 6.22. The van der Waals surface area contributed by atoms with Crippen LogP contribution >= 0.6 is 0 Å².